The van der Waals surface area contributed by atoms with Crippen molar-refractivity contribution in [1.82, 2.24) is 0 Å². The van der Waals surface area contributed by atoms with Gasteiger partial charge in [0.1, 0.15) is 12.4 Å². The van der Waals surface area contributed by atoms with Crippen LogP contribution in [0.15, 0.2) is 18.2 Å². The maximum atomic E-state index is 11.7. The normalized spacial score (nSPS) is 10.6. The summed E-state index contributed by atoms with van der Waals surface area (Å²) in [6.07, 6.45) is 0.0725. The molecule has 0 saturated carbocycles. The smallest absolute Gasteiger partial charge is 0.188 e. The van der Waals surface area contributed by atoms with Crippen LogP contribution >= 0.6 is 0 Å². The number of ether oxygens (including phenoxy) is 2. The third-order valence-electron chi connectivity index (χ3n) is 2.26. The van der Waals surface area contributed by atoms with Crippen LogP contribution in [0.3, 0.4) is 0 Å². The molecule has 0 amide bonds. The second-order valence-corrected chi connectivity index (χ2v) is 3.97. The van der Waals surface area contributed by atoms with Crippen molar-refractivity contribution in [2.45, 2.75) is 26.9 Å². The Balaban J connectivity index is 2.73. The highest BCUT2D eigenvalue weighted by Gasteiger charge is 2.09. The standard InChI is InChI=1S/C13H18O3/c1-9(2)16-8-12(14)11-5-6-13(15-4)10(3)7-11/h5-7,9H,8H2,1-4H3. The van der Waals surface area contributed by atoms with E-state index < -0.39 is 0 Å². The van der Waals surface area contributed by atoms with E-state index in [2.05, 4.69) is 0 Å². The van der Waals surface area contributed by atoms with Crippen LogP contribution in [0.5, 0.6) is 5.75 Å². The van der Waals surface area contributed by atoms with Gasteiger partial charge in [0.15, 0.2) is 5.78 Å². The lowest BCUT2D eigenvalue weighted by Gasteiger charge is -2.08. The lowest BCUT2D eigenvalue weighted by atomic mass is 10.1. The molecule has 0 saturated heterocycles. The number of hydrogen-bond acceptors (Lipinski definition) is 3. The van der Waals surface area contributed by atoms with Gasteiger partial charge in [-0.25, -0.2) is 0 Å². The zero-order chi connectivity index (χ0) is 12.1. The summed E-state index contributed by atoms with van der Waals surface area (Å²) in [4.78, 5) is 11.7. The van der Waals surface area contributed by atoms with Gasteiger partial charge in [0.2, 0.25) is 0 Å². The molecule has 3 nitrogen and oxygen atoms in total. The minimum absolute atomic E-state index is 0.000506. The van der Waals surface area contributed by atoms with Crippen molar-refractivity contribution in [3.63, 3.8) is 0 Å². The number of aryl methyl sites for hydroxylation is 1. The van der Waals surface area contributed by atoms with E-state index >= 15 is 0 Å². The zero-order valence-corrected chi connectivity index (χ0v) is 10.2. The first-order chi connectivity index (χ1) is 7.54. The molecule has 0 radical (unpaired) electrons. The van der Waals surface area contributed by atoms with Crippen LogP contribution in [-0.4, -0.2) is 25.6 Å². The predicted molar refractivity (Wildman–Crippen MR) is 63.1 cm³/mol. The van der Waals surface area contributed by atoms with Crippen molar-refractivity contribution < 1.29 is 14.3 Å². The van der Waals surface area contributed by atoms with Crippen LogP contribution in [0.1, 0.15) is 29.8 Å². The van der Waals surface area contributed by atoms with Gasteiger partial charge in [-0.05, 0) is 44.5 Å². The molecule has 0 bridgehead atoms. The molecule has 0 aliphatic carbocycles. The van der Waals surface area contributed by atoms with Gasteiger partial charge in [-0.15, -0.1) is 0 Å². The lowest BCUT2D eigenvalue weighted by molar-refractivity contribution is 0.0584. The Hall–Kier alpha value is -1.35. The summed E-state index contributed by atoms with van der Waals surface area (Å²) in [5, 5.41) is 0. The molecule has 0 aliphatic heterocycles. The Morgan fingerprint density at radius 1 is 1.38 bits per heavy atom. The molecular formula is C13H18O3. The molecule has 1 aromatic rings. The molecular weight excluding hydrogens is 204 g/mol. The molecule has 0 atom stereocenters. The van der Waals surface area contributed by atoms with Gasteiger partial charge in [0.05, 0.1) is 13.2 Å². The third kappa shape index (κ3) is 3.35. The fourth-order valence-corrected chi connectivity index (χ4v) is 1.38. The number of hydrogen-bond donors (Lipinski definition) is 0. The number of benzene rings is 1. The fourth-order valence-electron chi connectivity index (χ4n) is 1.38. The van der Waals surface area contributed by atoms with Crippen molar-refractivity contribution in [2.24, 2.45) is 0 Å². The van der Waals surface area contributed by atoms with Crippen LogP contribution in [0.2, 0.25) is 0 Å². The maximum Gasteiger partial charge on any atom is 0.188 e. The minimum Gasteiger partial charge on any atom is -0.496 e. The van der Waals surface area contributed by atoms with E-state index in [1.54, 1.807) is 19.2 Å². The third-order valence-corrected chi connectivity index (χ3v) is 2.26. The fraction of sp³-hybridized carbons (Fsp3) is 0.462. The number of carbonyl (C=O) groups excluding carboxylic acids is 1. The largest absolute Gasteiger partial charge is 0.496 e. The Labute approximate surface area is 96.4 Å². The highest BCUT2D eigenvalue weighted by atomic mass is 16.5. The second-order valence-electron chi connectivity index (χ2n) is 3.97. The number of Topliss-reactive ketones (excluding diaryl/α,β-unsaturated/α-hetero) is 1. The first-order valence-corrected chi connectivity index (χ1v) is 5.34. The average molecular weight is 222 g/mol. The highest BCUT2D eigenvalue weighted by Crippen LogP contribution is 2.18. The number of methoxy groups -OCH3 is 1. The summed E-state index contributed by atoms with van der Waals surface area (Å²) in [6, 6.07) is 5.39. The maximum absolute atomic E-state index is 11.7. The van der Waals surface area contributed by atoms with Gasteiger partial charge < -0.3 is 9.47 Å². The van der Waals surface area contributed by atoms with E-state index in [1.807, 2.05) is 26.8 Å². The molecule has 0 heterocycles. The summed E-state index contributed by atoms with van der Waals surface area (Å²) < 4.78 is 10.4. The number of carbonyl (C=O) groups is 1. The lowest BCUT2D eigenvalue weighted by Crippen LogP contribution is -2.13. The molecule has 3 heteroatoms. The predicted octanol–water partition coefficient (Wildman–Crippen LogP) is 2.61. The van der Waals surface area contributed by atoms with Crippen LogP contribution in [0.4, 0.5) is 0 Å². The van der Waals surface area contributed by atoms with Crippen molar-refractivity contribution in [3.05, 3.63) is 29.3 Å². The zero-order valence-electron chi connectivity index (χ0n) is 10.2. The van der Waals surface area contributed by atoms with E-state index in [9.17, 15) is 4.79 Å². The van der Waals surface area contributed by atoms with Crippen LogP contribution in [0.25, 0.3) is 0 Å². The Bertz CT molecular complexity index is 369. The highest BCUT2D eigenvalue weighted by molar-refractivity contribution is 5.97. The number of ketones is 1. The molecule has 0 aromatic heterocycles. The van der Waals surface area contributed by atoms with E-state index in [0.29, 0.717) is 5.56 Å². The second kappa shape index (κ2) is 5.66. The molecule has 0 fully saturated rings. The first-order valence-electron chi connectivity index (χ1n) is 5.34. The summed E-state index contributed by atoms with van der Waals surface area (Å²) in [5.74, 6) is 0.792. The first kappa shape index (κ1) is 12.7. The van der Waals surface area contributed by atoms with Crippen LogP contribution in [-0.2, 0) is 4.74 Å². The minimum atomic E-state index is -0.000506. The molecule has 0 aliphatic rings. The van der Waals surface area contributed by atoms with E-state index in [-0.39, 0.29) is 18.5 Å². The summed E-state index contributed by atoms with van der Waals surface area (Å²) in [7, 11) is 1.62. The van der Waals surface area contributed by atoms with Crippen LogP contribution in [0, 0.1) is 6.92 Å². The van der Waals surface area contributed by atoms with Gasteiger partial charge in [0, 0.05) is 5.56 Å². The molecule has 0 N–H and O–H groups in total. The van der Waals surface area contributed by atoms with Crippen molar-refractivity contribution >= 4 is 5.78 Å². The topological polar surface area (TPSA) is 35.5 Å². The molecule has 16 heavy (non-hydrogen) atoms. The monoisotopic (exact) mass is 222 g/mol. The SMILES string of the molecule is COc1ccc(C(=O)COC(C)C)cc1C. The molecule has 1 rings (SSSR count). The Kier molecular flexibility index (Phi) is 4.50. The van der Waals surface area contributed by atoms with E-state index in [0.717, 1.165) is 11.3 Å². The summed E-state index contributed by atoms with van der Waals surface area (Å²) in [6.45, 7) is 5.86. The van der Waals surface area contributed by atoms with Crippen molar-refractivity contribution in [1.29, 1.82) is 0 Å². The average Bonchev–Trinajstić information content (AvgIpc) is 2.25. The van der Waals surface area contributed by atoms with E-state index in [1.165, 1.54) is 0 Å². The Morgan fingerprint density at radius 2 is 2.06 bits per heavy atom. The number of rotatable bonds is 5. The van der Waals surface area contributed by atoms with E-state index in [4.69, 9.17) is 9.47 Å². The molecule has 1 aromatic carbocycles. The Morgan fingerprint density at radius 3 is 2.56 bits per heavy atom. The van der Waals surface area contributed by atoms with Gasteiger partial charge >= 0.3 is 0 Å². The van der Waals surface area contributed by atoms with Gasteiger partial charge in [-0.2, -0.15) is 0 Å². The molecule has 0 spiro atoms. The summed E-state index contributed by atoms with van der Waals surface area (Å²) >= 11 is 0. The van der Waals surface area contributed by atoms with Crippen molar-refractivity contribution in [2.75, 3.05) is 13.7 Å². The van der Waals surface area contributed by atoms with Crippen molar-refractivity contribution in [3.8, 4) is 5.75 Å². The molecule has 0 unspecified atom stereocenters. The van der Waals surface area contributed by atoms with Gasteiger partial charge in [0.25, 0.3) is 0 Å². The van der Waals surface area contributed by atoms with Gasteiger partial charge in [-0.3, -0.25) is 4.79 Å². The van der Waals surface area contributed by atoms with Gasteiger partial charge in [-0.1, -0.05) is 0 Å². The van der Waals surface area contributed by atoms with Crippen LogP contribution < -0.4 is 4.74 Å². The summed E-state index contributed by atoms with van der Waals surface area (Å²) in [5.41, 5.74) is 1.62. The molecule has 88 valence electrons. The quantitative estimate of drug-likeness (QED) is 0.718.